The Balaban J connectivity index is 0.000000463. The van der Waals surface area contributed by atoms with Crippen LogP contribution >= 0.6 is 0 Å². The summed E-state index contributed by atoms with van der Waals surface area (Å²) in [7, 11) is 3.11. The van der Waals surface area contributed by atoms with Crippen LogP contribution in [0.1, 0.15) is 5.69 Å². The summed E-state index contributed by atoms with van der Waals surface area (Å²) in [6.07, 6.45) is 6.89. The third-order valence-corrected chi connectivity index (χ3v) is 2.58. The van der Waals surface area contributed by atoms with Crippen LogP contribution in [0.3, 0.4) is 0 Å². The van der Waals surface area contributed by atoms with E-state index >= 15 is 0 Å². The van der Waals surface area contributed by atoms with Crippen molar-refractivity contribution in [1.29, 1.82) is 10.7 Å². The van der Waals surface area contributed by atoms with Crippen LogP contribution in [0.5, 0.6) is 0 Å². The molecule has 24 heavy (non-hydrogen) atoms. The highest BCUT2D eigenvalue weighted by molar-refractivity contribution is 6.09. The van der Waals surface area contributed by atoms with Crippen LogP contribution in [0, 0.1) is 16.7 Å². The molecular formula is C18H20N4O2. The predicted molar refractivity (Wildman–Crippen MR) is 95.9 cm³/mol. The molecular weight excluding hydrogens is 304 g/mol. The lowest BCUT2D eigenvalue weighted by Crippen LogP contribution is -2.04. The molecule has 0 aromatic carbocycles. The Kier molecular flexibility index (Phi) is 10.4. The summed E-state index contributed by atoms with van der Waals surface area (Å²) in [5.74, 6) is 0.552. The number of methoxy groups -OCH3 is 1. The van der Waals surface area contributed by atoms with Crippen molar-refractivity contribution in [2.45, 2.75) is 0 Å². The molecule has 0 aliphatic rings. The number of nitriles is 1. The van der Waals surface area contributed by atoms with Gasteiger partial charge in [0.25, 0.3) is 0 Å². The SMILES string of the molecule is C=C/C=C(C=C)/C=C(/C=O)C(=N)OC.CNc1cccc(C#N)n1. The number of allylic oxidation sites excluding steroid dienone is 5. The largest absolute Gasteiger partial charge is 0.481 e. The Morgan fingerprint density at radius 3 is 2.62 bits per heavy atom. The average Bonchev–Trinajstić information content (AvgIpc) is 2.64. The Morgan fingerprint density at radius 1 is 1.46 bits per heavy atom. The summed E-state index contributed by atoms with van der Waals surface area (Å²) in [4.78, 5) is 14.5. The highest BCUT2D eigenvalue weighted by atomic mass is 16.5. The van der Waals surface area contributed by atoms with E-state index < -0.39 is 0 Å². The fourth-order valence-electron chi connectivity index (χ4n) is 1.40. The molecule has 0 saturated heterocycles. The fourth-order valence-corrected chi connectivity index (χ4v) is 1.40. The molecule has 1 rings (SSSR count). The number of nitrogens with zero attached hydrogens (tertiary/aromatic N) is 2. The van der Waals surface area contributed by atoms with Crippen LogP contribution in [0.2, 0.25) is 0 Å². The summed E-state index contributed by atoms with van der Waals surface area (Å²) in [5.41, 5.74) is 1.30. The smallest absolute Gasteiger partial charge is 0.216 e. The van der Waals surface area contributed by atoms with E-state index in [0.717, 1.165) is 5.82 Å². The standard InChI is InChI=1S/C11H13NO2.C7H7N3/c1-4-6-9(5-2)7-10(8-13)11(12)14-3;1-9-7-4-2-3-6(5-8)10-7/h4-8,12H,1-2H2,3H3;2-4H,1H3,(H,9,10)/b9-6+,10-7-,12-11?;. The Bertz CT molecular complexity index is 697. The number of anilines is 1. The summed E-state index contributed by atoms with van der Waals surface area (Å²) in [5, 5.41) is 18.5. The summed E-state index contributed by atoms with van der Waals surface area (Å²) < 4.78 is 4.62. The Morgan fingerprint density at radius 2 is 2.17 bits per heavy atom. The molecule has 1 aromatic heterocycles. The maximum Gasteiger partial charge on any atom is 0.216 e. The van der Waals surface area contributed by atoms with E-state index in [1.54, 1.807) is 43.5 Å². The van der Waals surface area contributed by atoms with Crippen molar-refractivity contribution in [1.82, 2.24) is 4.98 Å². The van der Waals surface area contributed by atoms with Gasteiger partial charge >= 0.3 is 0 Å². The van der Waals surface area contributed by atoms with Crippen molar-refractivity contribution < 1.29 is 9.53 Å². The minimum atomic E-state index is -0.170. The zero-order valence-corrected chi connectivity index (χ0v) is 13.7. The lowest BCUT2D eigenvalue weighted by molar-refractivity contribution is -0.104. The van der Waals surface area contributed by atoms with Crippen molar-refractivity contribution in [3.8, 4) is 6.07 Å². The van der Waals surface area contributed by atoms with Crippen LogP contribution in [-0.4, -0.2) is 31.3 Å². The van der Waals surface area contributed by atoms with E-state index in [1.165, 1.54) is 13.2 Å². The number of pyridine rings is 1. The van der Waals surface area contributed by atoms with Crippen molar-refractivity contribution >= 4 is 18.0 Å². The molecule has 0 aliphatic heterocycles. The topological polar surface area (TPSA) is 98.9 Å². The van der Waals surface area contributed by atoms with Crippen LogP contribution in [0.4, 0.5) is 5.82 Å². The van der Waals surface area contributed by atoms with Gasteiger partial charge in [0, 0.05) is 7.05 Å². The maximum absolute atomic E-state index is 10.6. The molecule has 0 spiro atoms. The summed E-state index contributed by atoms with van der Waals surface area (Å²) in [6, 6.07) is 7.21. The number of carbonyl (C=O) groups excluding carboxylic acids is 1. The van der Waals surface area contributed by atoms with Crippen molar-refractivity contribution in [3.05, 3.63) is 72.5 Å². The molecule has 2 N–H and O–H groups in total. The third-order valence-electron chi connectivity index (χ3n) is 2.58. The van der Waals surface area contributed by atoms with E-state index in [9.17, 15) is 4.79 Å². The van der Waals surface area contributed by atoms with Crippen LogP contribution in [0.25, 0.3) is 0 Å². The van der Waals surface area contributed by atoms with E-state index in [-0.39, 0.29) is 11.5 Å². The molecule has 6 nitrogen and oxygen atoms in total. The predicted octanol–water partition coefficient (Wildman–Crippen LogP) is 3.03. The van der Waals surface area contributed by atoms with Gasteiger partial charge in [-0.05, 0) is 23.8 Å². The highest BCUT2D eigenvalue weighted by Crippen LogP contribution is 2.04. The van der Waals surface area contributed by atoms with Gasteiger partial charge in [0.05, 0.1) is 12.7 Å². The first kappa shape index (κ1) is 20.5. The van der Waals surface area contributed by atoms with Gasteiger partial charge in [-0.1, -0.05) is 37.5 Å². The number of carbonyl (C=O) groups is 1. The average molecular weight is 324 g/mol. The number of nitrogens with one attached hydrogen (secondary N) is 2. The molecule has 1 aromatic rings. The number of aromatic nitrogens is 1. The maximum atomic E-state index is 10.6. The minimum Gasteiger partial charge on any atom is -0.481 e. The molecule has 124 valence electrons. The second-order valence-corrected chi connectivity index (χ2v) is 4.13. The van der Waals surface area contributed by atoms with E-state index in [1.807, 2.05) is 6.07 Å². The van der Waals surface area contributed by atoms with Gasteiger partial charge in [-0.2, -0.15) is 5.26 Å². The van der Waals surface area contributed by atoms with Gasteiger partial charge in [-0.3, -0.25) is 10.2 Å². The molecule has 0 amide bonds. The molecule has 0 unspecified atom stereocenters. The number of ether oxygens (including phenoxy) is 1. The van der Waals surface area contributed by atoms with E-state index in [2.05, 4.69) is 28.2 Å². The van der Waals surface area contributed by atoms with Gasteiger partial charge in [0.15, 0.2) is 6.29 Å². The monoisotopic (exact) mass is 324 g/mol. The van der Waals surface area contributed by atoms with Crippen molar-refractivity contribution in [2.24, 2.45) is 0 Å². The van der Waals surface area contributed by atoms with Crippen LogP contribution in [-0.2, 0) is 9.53 Å². The molecule has 0 bridgehead atoms. The molecule has 0 atom stereocenters. The zero-order chi connectivity index (χ0) is 18.4. The second kappa shape index (κ2) is 12.1. The lowest BCUT2D eigenvalue weighted by atomic mass is 10.1. The molecule has 0 fully saturated rings. The van der Waals surface area contributed by atoms with Gasteiger partial charge in [0.2, 0.25) is 5.90 Å². The zero-order valence-electron chi connectivity index (χ0n) is 13.7. The summed E-state index contributed by atoms with van der Waals surface area (Å²) in [6.45, 7) is 7.08. The highest BCUT2D eigenvalue weighted by Gasteiger charge is 2.03. The molecule has 0 radical (unpaired) electrons. The lowest BCUT2D eigenvalue weighted by Gasteiger charge is -2.00. The molecule has 1 heterocycles. The van der Waals surface area contributed by atoms with Crippen molar-refractivity contribution in [2.75, 3.05) is 19.5 Å². The van der Waals surface area contributed by atoms with Gasteiger partial charge in [-0.25, -0.2) is 4.98 Å². The van der Waals surface area contributed by atoms with Gasteiger partial charge in [-0.15, -0.1) is 0 Å². The van der Waals surface area contributed by atoms with Crippen LogP contribution < -0.4 is 5.32 Å². The minimum absolute atomic E-state index is 0.167. The van der Waals surface area contributed by atoms with Gasteiger partial charge < -0.3 is 10.1 Å². The quantitative estimate of drug-likeness (QED) is 0.275. The van der Waals surface area contributed by atoms with Crippen molar-refractivity contribution in [3.63, 3.8) is 0 Å². The number of aldehydes is 1. The second-order valence-electron chi connectivity index (χ2n) is 4.13. The van der Waals surface area contributed by atoms with E-state index in [4.69, 9.17) is 10.7 Å². The van der Waals surface area contributed by atoms with Gasteiger partial charge in [0.1, 0.15) is 17.6 Å². The molecule has 6 heteroatoms. The first-order valence-corrected chi connectivity index (χ1v) is 6.86. The first-order valence-electron chi connectivity index (χ1n) is 6.86. The Labute approximate surface area is 142 Å². The third kappa shape index (κ3) is 7.52. The number of hydrogen-bond acceptors (Lipinski definition) is 6. The molecule has 0 aliphatic carbocycles. The fraction of sp³-hybridized carbons (Fsp3) is 0.111. The Hall–Kier alpha value is -3.46. The molecule has 0 saturated carbocycles. The normalized spacial score (nSPS) is 10.4. The van der Waals surface area contributed by atoms with Crippen LogP contribution in [0.15, 0.2) is 66.8 Å². The number of rotatable bonds is 6. The number of hydrogen-bond donors (Lipinski definition) is 2. The first-order chi connectivity index (χ1) is 11.6. The summed E-state index contributed by atoms with van der Waals surface area (Å²) >= 11 is 0. The van der Waals surface area contributed by atoms with E-state index in [0.29, 0.717) is 17.6 Å².